The minimum atomic E-state index is -0.0378. The van der Waals surface area contributed by atoms with Crippen molar-refractivity contribution in [1.29, 1.82) is 0 Å². The molecule has 9 nitrogen and oxygen atoms in total. The maximum atomic E-state index is 12.2. The van der Waals surface area contributed by atoms with Crippen molar-refractivity contribution in [2.75, 3.05) is 5.32 Å². The predicted molar refractivity (Wildman–Crippen MR) is 138 cm³/mol. The summed E-state index contributed by atoms with van der Waals surface area (Å²) in [6.45, 7) is 4.02. The Morgan fingerprint density at radius 2 is 2.00 bits per heavy atom. The molecule has 0 spiro atoms. The molecule has 36 heavy (non-hydrogen) atoms. The van der Waals surface area contributed by atoms with Gasteiger partial charge < -0.3 is 14.7 Å². The lowest BCUT2D eigenvalue weighted by molar-refractivity contribution is -0.116. The number of amides is 1. The van der Waals surface area contributed by atoms with Crippen LogP contribution in [0.15, 0.2) is 71.9 Å². The van der Waals surface area contributed by atoms with Crippen LogP contribution in [0.3, 0.4) is 0 Å². The zero-order chi connectivity index (χ0) is 24.6. The molecule has 5 heterocycles. The van der Waals surface area contributed by atoms with Gasteiger partial charge in [-0.3, -0.25) is 19.9 Å². The van der Waals surface area contributed by atoms with E-state index in [-0.39, 0.29) is 11.8 Å². The molecular weight excluding hydrogens is 454 g/mol. The Kier molecular flexibility index (Phi) is 5.29. The fourth-order valence-electron chi connectivity index (χ4n) is 4.28. The molecule has 0 atom stereocenters. The number of aromatic nitrogens is 6. The van der Waals surface area contributed by atoms with E-state index in [1.807, 2.05) is 50.2 Å². The third-order valence-electron chi connectivity index (χ3n) is 5.93. The molecule has 0 saturated heterocycles. The molecule has 0 aliphatic carbocycles. The van der Waals surface area contributed by atoms with E-state index in [1.165, 1.54) is 0 Å². The fraction of sp³-hybridized carbons (Fsp3) is 0.148. The van der Waals surface area contributed by atoms with Crippen LogP contribution in [0.25, 0.3) is 55.8 Å². The lowest BCUT2D eigenvalue weighted by Gasteiger charge is -2.08. The maximum Gasteiger partial charge on any atom is 0.224 e. The maximum absolute atomic E-state index is 12.2. The normalized spacial score (nSPS) is 11.5. The standard InChI is InChI=1S/C27H23N7O2/c1-15(2)8-24(35)30-18-9-17(11-28-12-18)22-10-20-23(13-29-22)33-34-26(20)27-31-21-5-3-4-19(25(21)32-27)16-6-7-36-14-16/h3-7,9-15H,8H2,1-2H3,(H,30,35)(H,31,32)(H,33,34). The van der Waals surface area contributed by atoms with Crippen molar-refractivity contribution in [3.05, 3.63) is 67.5 Å². The second-order valence-electron chi connectivity index (χ2n) is 9.09. The zero-order valence-electron chi connectivity index (χ0n) is 19.7. The highest BCUT2D eigenvalue weighted by Crippen LogP contribution is 2.32. The highest BCUT2D eigenvalue weighted by Gasteiger charge is 2.17. The number of hydrogen-bond donors (Lipinski definition) is 3. The molecule has 0 bridgehead atoms. The van der Waals surface area contributed by atoms with Crippen LogP contribution in [0.5, 0.6) is 0 Å². The minimum absolute atomic E-state index is 0.0378. The number of nitrogens with one attached hydrogen (secondary N) is 3. The highest BCUT2D eigenvalue weighted by atomic mass is 16.3. The van der Waals surface area contributed by atoms with Gasteiger partial charge in [0.1, 0.15) is 5.69 Å². The SMILES string of the molecule is CC(C)CC(=O)Nc1cncc(-c2cc3c(-c4nc5c(-c6ccoc6)cccc5[nH]4)n[nH]c3cn2)c1. The van der Waals surface area contributed by atoms with Crippen molar-refractivity contribution in [2.24, 2.45) is 5.92 Å². The third kappa shape index (κ3) is 4.00. The number of hydrogen-bond acceptors (Lipinski definition) is 6. The van der Waals surface area contributed by atoms with Gasteiger partial charge in [0.25, 0.3) is 0 Å². The number of fused-ring (bicyclic) bond motifs is 2. The van der Waals surface area contributed by atoms with Gasteiger partial charge in [0, 0.05) is 34.7 Å². The Morgan fingerprint density at radius 3 is 2.83 bits per heavy atom. The van der Waals surface area contributed by atoms with Crippen molar-refractivity contribution >= 4 is 33.5 Å². The van der Waals surface area contributed by atoms with E-state index in [0.29, 0.717) is 29.3 Å². The van der Waals surface area contributed by atoms with Crippen molar-refractivity contribution < 1.29 is 9.21 Å². The fourth-order valence-corrected chi connectivity index (χ4v) is 4.28. The molecule has 0 unspecified atom stereocenters. The second-order valence-corrected chi connectivity index (χ2v) is 9.09. The zero-order valence-corrected chi connectivity index (χ0v) is 19.7. The number of benzene rings is 1. The van der Waals surface area contributed by atoms with Crippen molar-refractivity contribution in [3.63, 3.8) is 0 Å². The molecule has 0 radical (unpaired) electrons. The number of anilines is 1. The molecule has 178 valence electrons. The molecular formula is C27H23N7O2. The lowest BCUT2D eigenvalue weighted by atomic mass is 10.1. The first kappa shape index (κ1) is 21.7. The van der Waals surface area contributed by atoms with E-state index in [9.17, 15) is 4.79 Å². The molecule has 1 amide bonds. The number of pyridine rings is 2. The van der Waals surface area contributed by atoms with E-state index in [4.69, 9.17) is 9.40 Å². The summed E-state index contributed by atoms with van der Waals surface area (Å²) in [5.74, 6) is 0.889. The Balaban J connectivity index is 1.38. The minimum Gasteiger partial charge on any atom is -0.472 e. The van der Waals surface area contributed by atoms with Crippen LogP contribution in [0.4, 0.5) is 5.69 Å². The van der Waals surface area contributed by atoms with Gasteiger partial charge in [-0.2, -0.15) is 5.10 Å². The predicted octanol–water partition coefficient (Wildman–Crippen LogP) is 5.81. The average molecular weight is 478 g/mol. The van der Waals surface area contributed by atoms with Crippen LogP contribution >= 0.6 is 0 Å². The van der Waals surface area contributed by atoms with Gasteiger partial charge >= 0.3 is 0 Å². The number of carbonyl (C=O) groups excluding carboxylic acids is 1. The molecule has 9 heteroatoms. The number of nitrogens with zero attached hydrogens (tertiary/aromatic N) is 4. The van der Waals surface area contributed by atoms with Crippen LogP contribution in [0.1, 0.15) is 20.3 Å². The van der Waals surface area contributed by atoms with E-state index in [0.717, 1.165) is 38.6 Å². The van der Waals surface area contributed by atoms with Gasteiger partial charge in [0.2, 0.25) is 5.91 Å². The molecule has 3 N–H and O–H groups in total. The van der Waals surface area contributed by atoms with E-state index >= 15 is 0 Å². The monoisotopic (exact) mass is 477 g/mol. The number of H-pyrrole nitrogens is 2. The van der Waals surface area contributed by atoms with Gasteiger partial charge in [-0.1, -0.05) is 26.0 Å². The van der Waals surface area contributed by atoms with Gasteiger partial charge in [-0.05, 0) is 30.2 Å². The summed E-state index contributed by atoms with van der Waals surface area (Å²) < 4.78 is 5.27. The van der Waals surface area contributed by atoms with E-state index in [2.05, 4.69) is 30.5 Å². The quantitative estimate of drug-likeness (QED) is 0.278. The van der Waals surface area contributed by atoms with Crippen molar-refractivity contribution in [3.8, 4) is 33.9 Å². The van der Waals surface area contributed by atoms with Gasteiger partial charge in [0.15, 0.2) is 5.82 Å². The highest BCUT2D eigenvalue weighted by molar-refractivity contribution is 5.98. The van der Waals surface area contributed by atoms with Crippen LogP contribution in [-0.2, 0) is 4.79 Å². The second kappa shape index (κ2) is 8.77. The number of rotatable bonds is 6. The summed E-state index contributed by atoms with van der Waals surface area (Å²) in [4.78, 5) is 29.3. The first-order chi connectivity index (χ1) is 17.5. The summed E-state index contributed by atoms with van der Waals surface area (Å²) in [7, 11) is 0. The molecule has 0 saturated carbocycles. The molecule has 1 aromatic carbocycles. The van der Waals surface area contributed by atoms with Crippen LogP contribution in [0, 0.1) is 5.92 Å². The van der Waals surface area contributed by atoms with Crippen LogP contribution in [-0.4, -0.2) is 36.0 Å². The van der Waals surface area contributed by atoms with Crippen molar-refractivity contribution in [1.82, 2.24) is 30.1 Å². The number of furan rings is 1. The van der Waals surface area contributed by atoms with E-state index < -0.39 is 0 Å². The number of carbonyl (C=O) groups is 1. The van der Waals surface area contributed by atoms with Gasteiger partial charge in [-0.25, -0.2) is 4.98 Å². The molecule has 0 aliphatic rings. The Bertz CT molecular complexity index is 1700. The van der Waals surface area contributed by atoms with Crippen molar-refractivity contribution in [2.45, 2.75) is 20.3 Å². The van der Waals surface area contributed by atoms with Gasteiger partial charge in [-0.15, -0.1) is 0 Å². The topological polar surface area (TPSA) is 125 Å². The smallest absolute Gasteiger partial charge is 0.224 e. The third-order valence-corrected chi connectivity index (χ3v) is 5.93. The molecule has 0 fully saturated rings. The largest absolute Gasteiger partial charge is 0.472 e. The lowest BCUT2D eigenvalue weighted by Crippen LogP contribution is -2.13. The first-order valence-electron chi connectivity index (χ1n) is 11.7. The van der Waals surface area contributed by atoms with Gasteiger partial charge in [0.05, 0.1) is 52.9 Å². The Labute approximate surface area is 206 Å². The Hall–Kier alpha value is -4.79. The van der Waals surface area contributed by atoms with Crippen LogP contribution < -0.4 is 5.32 Å². The molecule has 0 aliphatic heterocycles. The van der Waals surface area contributed by atoms with E-state index in [1.54, 1.807) is 31.1 Å². The summed E-state index contributed by atoms with van der Waals surface area (Å²) in [6, 6.07) is 11.7. The average Bonchev–Trinajstić information content (AvgIpc) is 3.62. The number of imidazole rings is 1. The summed E-state index contributed by atoms with van der Waals surface area (Å²) in [5, 5.41) is 11.4. The molecule has 6 rings (SSSR count). The summed E-state index contributed by atoms with van der Waals surface area (Å²) >= 11 is 0. The molecule has 5 aromatic heterocycles. The molecule has 6 aromatic rings. The summed E-state index contributed by atoms with van der Waals surface area (Å²) in [5.41, 5.74) is 7.31. The Morgan fingerprint density at radius 1 is 1.08 bits per heavy atom. The van der Waals surface area contributed by atoms with Crippen LogP contribution in [0.2, 0.25) is 0 Å². The first-order valence-corrected chi connectivity index (χ1v) is 11.7. The number of aromatic amines is 2. The summed E-state index contributed by atoms with van der Waals surface area (Å²) in [6.07, 6.45) is 8.91. The number of para-hydroxylation sites is 1.